The largest absolute Gasteiger partial charge is 0.504 e. The van der Waals surface area contributed by atoms with Crippen LogP contribution in [0.1, 0.15) is 6.42 Å². The van der Waals surface area contributed by atoms with Crippen molar-refractivity contribution in [1.82, 2.24) is 19.9 Å². The van der Waals surface area contributed by atoms with Crippen molar-refractivity contribution in [2.24, 2.45) is 0 Å². The number of nitrogens with zero attached hydrogens (tertiary/aromatic N) is 5. The highest BCUT2D eigenvalue weighted by atomic mass is 16.5. The van der Waals surface area contributed by atoms with Gasteiger partial charge in [0.15, 0.2) is 11.5 Å². The van der Waals surface area contributed by atoms with Crippen LogP contribution in [0.25, 0.3) is 21.9 Å². The third-order valence-corrected chi connectivity index (χ3v) is 5.07. The van der Waals surface area contributed by atoms with Crippen molar-refractivity contribution in [3.63, 3.8) is 0 Å². The molecule has 5 rings (SSSR count). The highest BCUT2D eigenvalue weighted by Gasteiger charge is 2.27. The van der Waals surface area contributed by atoms with Crippen molar-refractivity contribution in [2.45, 2.75) is 12.5 Å². The molecule has 0 bridgehead atoms. The Hall–Kier alpha value is -3.68. The van der Waals surface area contributed by atoms with Gasteiger partial charge in [0.05, 0.1) is 36.4 Å². The van der Waals surface area contributed by atoms with Crippen molar-refractivity contribution >= 4 is 27.8 Å². The van der Waals surface area contributed by atoms with Gasteiger partial charge in [-0.2, -0.15) is 0 Å². The van der Waals surface area contributed by atoms with Crippen molar-refractivity contribution in [2.75, 3.05) is 25.1 Å². The van der Waals surface area contributed by atoms with Gasteiger partial charge in [-0.25, -0.2) is 19.9 Å². The Labute approximate surface area is 166 Å². The first-order valence-corrected chi connectivity index (χ1v) is 9.36. The second-order valence-electron chi connectivity index (χ2n) is 6.91. The van der Waals surface area contributed by atoms with Gasteiger partial charge < -0.3 is 19.5 Å². The number of para-hydroxylation sites is 2. The molecule has 0 saturated carbocycles. The lowest BCUT2D eigenvalue weighted by atomic mass is 10.2. The molecule has 146 valence electrons. The van der Waals surface area contributed by atoms with Gasteiger partial charge in [-0.1, -0.05) is 12.1 Å². The predicted octanol–water partition coefficient (Wildman–Crippen LogP) is 2.94. The molecule has 0 radical (unpaired) electrons. The average molecular weight is 389 g/mol. The summed E-state index contributed by atoms with van der Waals surface area (Å²) in [6.45, 7) is 1.46. The van der Waals surface area contributed by atoms with E-state index in [1.54, 1.807) is 18.3 Å². The van der Waals surface area contributed by atoms with E-state index in [0.29, 0.717) is 23.7 Å². The molecule has 0 amide bonds. The fourth-order valence-electron chi connectivity index (χ4n) is 3.66. The van der Waals surface area contributed by atoms with Gasteiger partial charge in [0.25, 0.3) is 0 Å². The molecular weight excluding hydrogens is 370 g/mol. The topological polar surface area (TPSA) is 93.5 Å². The zero-order valence-electron chi connectivity index (χ0n) is 15.8. The molecule has 0 aliphatic carbocycles. The van der Waals surface area contributed by atoms with E-state index in [-0.39, 0.29) is 11.9 Å². The number of phenolic OH excluding ortho intramolecular Hbond substituents is 1. The Balaban J connectivity index is 1.39. The first kappa shape index (κ1) is 17.4. The molecule has 4 aromatic rings. The van der Waals surface area contributed by atoms with E-state index in [0.717, 1.165) is 35.2 Å². The summed E-state index contributed by atoms with van der Waals surface area (Å²) in [5.41, 5.74) is 2.32. The zero-order valence-corrected chi connectivity index (χ0v) is 15.8. The number of rotatable bonds is 4. The lowest BCUT2D eigenvalue weighted by Gasteiger charge is -2.19. The third kappa shape index (κ3) is 3.22. The lowest BCUT2D eigenvalue weighted by molar-refractivity contribution is 0.216. The highest BCUT2D eigenvalue weighted by Crippen LogP contribution is 2.35. The fraction of sp³-hybridized carbons (Fsp3) is 0.238. The predicted molar refractivity (Wildman–Crippen MR) is 109 cm³/mol. The Kier molecular flexibility index (Phi) is 4.23. The van der Waals surface area contributed by atoms with Gasteiger partial charge in [0.1, 0.15) is 18.2 Å². The molecule has 0 spiro atoms. The SMILES string of the molecule is COc1cc2c(N3CC[C@@H](Oc4cnc5ccccc5n4)C3)ncnc2cc1O. The molecule has 8 heteroatoms. The minimum atomic E-state index is -0.0190. The Morgan fingerprint density at radius 1 is 1.07 bits per heavy atom. The number of aromatic nitrogens is 4. The zero-order chi connectivity index (χ0) is 19.8. The monoisotopic (exact) mass is 389 g/mol. The minimum absolute atomic E-state index is 0.0190. The maximum Gasteiger partial charge on any atom is 0.233 e. The van der Waals surface area contributed by atoms with Crippen LogP contribution in [0.15, 0.2) is 48.9 Å². The number of phenols is 1. The van der Waals surface area contributed by atoms with Gasteiger partial charge in [0.2, 0.25) is 5.88 Å². The summed E-state index contributed by atoms with van der Waals surface area (Å²) in [7, 11) is 1.52. The van der Waals surface area contributed by atoms with Crippen LogP contribution in [0.3, 0.4) is 0 Å². The summed E-state index contributed by atoms with van der Waals surface area (Å²) < 4.78 is 11.3. The van der Waals surface area contributed by atoms with E-state index in [9.17, 15) is 5.11 Å². The van der Waals surface area contributed by atoms with Crippen LogP contribution in [-0.4, -0.2) is 51.3 Å². The van der Waals surface area contributed by atoms with Gasteiger partial charge >= 0.3 is 0 Å². The molecule has 0 unspecified atom stereocenters. The number of anilines is 1. The number of fused-ring (bicyclic) bond motifs is 2. The Bertz CT molecular complexity index is 1200. The summed E-state index contributed by atoms with van der Waals surface area (Å²) in [6.07, 6.45) is 4.00. The molecule has 1 fully saturated rings. The summed E-state index contributed by atoms with van der Waals surface area (Å²) in [5, 5.41) is 10.8. The van der Waals surface area contributed by atoms with E-state index in [1.165, 1.54) is 13.4 Å². The van der Waals surface area contributed by atoms with Crippen molar-refractivity contribution in [1.29, 1.82) is 0 Å². The number of aromatic hydroxyl groups is 1. The maximum absolute atomic E-state index is 10.0. The number of hydrogen-bond acceptors (Lipinski definition) is 8. The molecule has 1 saturated heterocycles. The van der Waals surface area contributed by atoms with Crippen LogP contribution in [0.4, 0.5) is 5.82 Å². The molecule has 8 nitrogen and oxygen atoms in total. The molecule has 1 aliphatic rings. The fourth-order valence-corrected chi connectivity index (χ4v) is 3.66. The maximum atomic E-state index is 10.0. The van der Waals surface area contributed by atoms with E-state index in [4.69, 9.17) is 9.47 Å². The van der Waals surface area contributed by atoms with E-state index in [1.807, 2.05) is 24.3 Å². The summed E-state index contributed by atoms with van der Waals surface area (Å²) in [4.78, 5) is 19.8. The van der Waals surface area contributed by atoms with E-state index < -0.39 is 0 Å². The number of hydrogen-bond donors (Lipinski definition) is 1. The first-order valence-electron chi connectivity index (χ1n) is 9.36. The molecule has 1 N–H and O–H groups in total. The molecule has 2 aromatic carbocycles. The molecule has 1 aliphatic heterocycles. The Morgan fingerprint density at radius 2 is 1.93 bits per heavy atom. The third-order valence-electron chi connectivity index (χ3n) is 5.07. The van der Waals surface area contributed by atoms with Crippen LogP contribution in [0, 0.1) is 0 Å². The quantitative estimate of drug-likeness (QED) is 0.569. The minimum Gasteiger partial charge on any atom is -0.504 e. The van der Waals surface area contributed by atoms with Gasteiger partial charge in [-0.3, -0.25) is 0 Å². The second kappa shape index (κ2) is 7.05. The second-order valence-corrected chi connectivity index (χ2v) is 6.91. The lowest BCUT2D eigenvalue weighted by Crippen LogP contribution is -2.25. The van der Waals surface area contributed by atoms with Crippen LogP contribution >= 0.6 is 0 Å². The first-order chi connectivity index (χ1) is 14.2. The Morgan fingerprint density at radius 3 is 2.79 bits per heavy atom. The molecule has 2 aromatic heterocycles. The van der Waals surface area contributed by atoms with Gasteiger partial charge in [0, 0.05) is 24.4 Å². The standard InChI is InChI=1S/C21H19N5O3/c1-28-19-8-14-17(9-18(19)27)23-12-24-21(14)26-7-6-13(11-26)29-20-10-22-15-4-2-3-5-16(15)25-20/h2-5,8-10,12-13,27H,6-7,11H2,1H3/t13-/m1/s1. The number of benzene rings is 2. The van der Waals surface area contributed by atoms with Crippen molar-refractivity contribution < 1.29 is 14.6 Å². The molecule has 29 heavy (non-hydrogen) atoms. The normalized spacial score (nSPS) is 16.4. The highest BCUT2D eigenvalue weighted by molar-refractivity contribution is 5.92. The van der Waals surface area contributed by atoms with Crippen molar-refractivity contribution in [3.8, 4) is 17.4 Å². The average Bonchev–Trinajstić information content (AvgIpc) is 3.21. The summed E-state index contributed by atoms with van der Waals surface area (Å²) >= 11 is 0. The van der Waals surface area contributed by atoms with Crippen LogP contribution in [0.2, 0.25) is 0 Å². The summed E-state index contributed by atoms with van der Waals surface area (Å²) in [5.74, 6) is 1.77. The molecular formula is C21H19N5O3. The van der Waals surface area contributed by atoms with Crippen LogP contribution in [0.5, 0.6) is 17.4 Å². The molecule has 1 atom stereocenters. The number of ether oxygens (including phenoxy) is 2. The molecule has 3 heterocycles. The van der Waals surface area contributed by atoms with Crippen LogP contribution in [-0.2, 0) is 0 Å². The van der Waals surface area contributed by atoms with Gasteiger partial charge in [-0.15, -0.1) is 0 Å². The van der Waals surface area contributed by atoms with E-state index in [2.05, 4.69) is 24.8 Å². The number of methoxy groups -OCH3 is 1. The van der Waals surface area contributed by atoms with Crippen molar-refractivity contribution in [3.05, 3.63) is 48.9 Å². The smallest absolute Gasteiger partial charge is 0.233 e. The summed E-state index contributed by atoms with van der Waals surface area (Å²) in [6, 6.07) is 11.1. The van der Waals surface area contributed by atoms with Crippen LogP contribution < -0.4 is 14.4 Å². The van der Waals surface area contributed by atoms with E-state index >= 15 is 0 Å². The van der Waals surface area contributed by atoms with Gasteiger partial charge in [-0.05, 0) is 18.2 Å².